The van der Waals surface area contributed by atoms with Gasteiger partial charge in [-0.3, -0.25) is 9.67 Å². The van der Waals surface area contributed by atoms with Gasteiger partial charge in [0.25, 0.3) is 0 Å². The van der Waals surface area contributed by atoms with Crippen LogP contribution in [-0.4, -0.2) is 34.9 Å². The smallest absolute Gasteiger partial charge is 0.143 e. The highest BCUT2D eigenvalue weighted by Crippen LogP contribution is 2.43. The average molecular weight is 466 g/mol. The van der Waals surface area contributed by atoms with Crippen LogP contribution in [0.1, 0.15) is 42.7 Å². The van der Waals surface area contributed by atoms with Crippen molar-refractivity contribution in [3.8, 4) is 28.1 Å². The normalized spacial score (nSPS) is 17.1. The fourth-order valence-electron chi connectivity index (χ4n) is 5.15. The molecule has 0 spiro atoms. The molecule has 2 aromatic heterocycles. The van der Waals surface area contributed by atoms with Crippen molar-refractivity contribution in [2.45, 2.75) is 39.0 Å². The second-order valence-corrected chi connectivity index (χ2v) is 9.80. The van der Waals surface area contributed by atoms with Gasteiger partial charge in [-0.15, -0.1) is 0 Å². The Balaban J connectivity index is 1.37. The van der Waals surface area contributed by atoms with Crippen LogP contribution >= 0.6 is 0 Å². The number of likely N-dealkylation sites (N-methyl/N-ethyl adjacent to an activating group) is 1. The number of nitrogens with one attached hydrogen (secondary N) is 1. The number of rotatable bonds is 4. The van der Waals surface area contributed by atoms with Crippen molar-refractivity contribution in [3.63, 3.8) is 0 Å². The van der Waals surface area contributed by atoms with Crippen molar-refractivity contribution in [2.75, 3.05) is 25.0 Å². The molecule has 0 saturated carbocycles. The minimum atomic E-state index is 0.0139. The molecule has 0 fully saturated rings. The molecule has 4 heterocycles. The molecule has 0 radical (unpaired) electrons. The lowest BCUT2D eigenvalue weighted by Gasteiger charge is -2.34. The summed E-state index contributed by atoms with van der Waals surface area (Å²) in [7, 11) is 2.15. The Morgan fingerprint density at radius 3 is 2.57 bits per heavy atom. The molecule has 0 saturated heterocycles. The van der Waals surface area contributed by atoms with Crippen LogP contribution in [0.4, 0.5) is 5.69 Å². The van der Waals surface area contributed by atoms with E-state index in [1.165, 1.54) is 22.4 Å². The third kappa shape index (κ3) is 3.98. The van der Waals surface area contributed by atoms with Gasteiger partial charge in [0.1, 0.15) is 17.5 Å². The van der Waals surface area contributed by atoms with Crippen LogP contribution in [0.3, 0.4) is 0 Å². The van der Waals surface area contributed by atoms with Crippen LogP contribution in [0.15, 0.2) is 67.0 Å². The lowest BCUT2D eigenvalue weighted by molar-refractivity contribution is 0.200. The van der Waals surface area contributed by atoms with Gasteiger partial charge in [-0.2, -0.15) is 5.10 Å². The first-order valence-electron chi connectivity index (χ1n) is 12.4. The Kier molecular flexibility index (Phi) is 5.53. The van der Waals surface area contributed by atoms with Gasteiger partial charge in [0, 0.05) is 43.7 Å². The van der Waals surface area contributed by atoms with E-state index in [4.69, 9.17) is 9.84 Å². The summed E-state index contributed by atoms with van der Waals surface area (Å²) >= 11 is 0. The number of hydrogen-bond acceptors (Lipinski definition) is 5. The summed E-state index contributed by atoms with van der Waals surface area (Å²) in [6.45, 7) is 7.88. The number of aromatic nitrogens is 3. The minimum absolute atomic E-state index is 0.0139. The van der Waals surface area contributed by atoms with Crippen molar-refractivity contribution in [2.24, 2.45) is 0 Å². The van der Waals surface area contributed by atoms with E-state index >= 15 is 0 Å². The Hall–Kier alpha value is -3.64. The van der Waals surface area contributed by atoms with Crippen molar-refractivity contribution in [1.82, 2.24) is 20.1 Å². The van der Waals surface area contributed by atoms with Gasteiger partial charge in [-0.05, 0) is 46.9 Å². The lowest BCUT2D eigenvalue weighted by Crippen LogP contribution is -2.32. The van der Waals surface area contributed by atoms with Gasteiger partial charge in [0.15, 0.2) is 0 Å². The largest absolute Gasteiger partial charge is 0.482 e. The van der Waals surface area contributed by atoms with Gasteiger partial charge in [-0.1, -0.05) is 44.2 Å². The SMILES string of the molecule is CC(C)c1ccc(C2CN(C)c3cc(-c4c(-c5ccncc5)nn5c4CNCC5)ccc3O2)cc1. The van der Waals surface area contributed by atoms with Crippen LogP contribution in [0.2, 0.25) is 0 Å². The van der Waals surface area contributed by atoms with Crippen LogP contribution in [0, 0.1) is 0 Å². The molecule has 178 valence electrons. The molecule has 35 heavy (non-hydrogen) atoms. The second kappa shape index (κ2) is 8.86. The fourth-order valence-corrected chi connectivity index (χ4v) is 5.15. The summed E-state index contributed by atoms with van der Waals surface area (Å²) in [6.07, 6.45) is 3.68. The fraction of sp³-hybridized carbons (Fsp3) is 0.310. The van der Waals surface area contributed by atoms with E-state index < -0.39 is 0 Å². The Morgan fingerprint density at radius 1 is 1.00 bits per heavy atom. The van der Waals surface area contributed by atoms with E-state index in [0.717, 1.165) is 54.4 Å². The van der Waals surface area contributed by atoms with Crippen molar-refractivity contribution in [1.29, 1.82) is 0 Å². The zero-order valence-corrected chi connectivity index (χ0v) is 20.5. The second-order valence-electron chi connectivity index (χ2n) is 9.80. The molecule has 6 heteroatoms. The van der Waals surface area contributed by atoms with Crippen molar-refractivity contribution in [3.05, 3.63) is 83.8 Å². The molecule has 2 aliphatic heterocycles. The Morgan fingerprint density at radius 2 is 1.80 bits per heavy atom. The van der Waals surface area contributed by atoms with Crippen LogP contribution < -0.4 is 15.0 Å². The molecule has 1 unspecified atom stereocenters. The summed E-state index contributed by atoms with van der Waals surface area (Å²) in [5.41, 5.74) is 9.35. The van der Waals surface area contributed by atoms with Gasteiger partial charge in [-0.25, -0.2) is 0 Å². The van der Waals surface area contributed by atoms with E-state index in [-0.39, 0.29) is 6.10 Å². The van der Waals surface area contributed by atoms with E-state index in [9.17, 15) is 0 Å². The highest BCUT2D eigenvalue weighted by Gasteiger charge is 2.28. The molecule has 1 atom stereocenters. The van der Waals surface area contributed by atoms with Gasteiger partial charge in [0.05, 0.1) is 24.5 Å². The summed E-state index contributed by atoms with van der Waals surface area (Å²) in [5, 5.41) is 8.52. The average Bonchev–Trinajstić information content (AvgIpc) is 3.29. The first-order valence-corrected chi connectivity index (χ1v) is 12.4. The molecule has 2 aliphatic rings. The minimum Gasteiger partial charge on any atom is -0.482 e. The third-order valence-corrected chi connectivity index (χ3v) is 7.15. The van der Waals surface area contributed by atoms with Crippen molar-refractivity contribution >= 4 is 5.69 Å². The quantitative estimate of drug-likeness (QED) is 0.437. The number of pyridine rings is 1. The maximum absolute atomic E-state index is 6.51. The molecule has 1 N–H and O–H groups in total. The maximum Gasteiger partial charge on any atom is 0.143 e. The number of nitrogens with zero attached hydrogens (tertiary/aromatic N) is 4. The molecule has 6 rings (SSSR count). The molecule has 2 aromatic carbocycles. The van der Waals surface area contributed by atoms with Gasteiger partial charge >= 0.3 is 0 Å². The number of benzene rings is 2. The molecule has 0 amide bonds. The number of fused-ring (bicyclic) bond motifs is 2. The lowest BCUT2D eigenvalue weighted by atomic mass is 9.96. The summed E-state index contributed by atoms with van der Waals surface area (Å²) in [5.74, 6) is 1.45. The zero-order valence-electron chi connectivity index (χ0n) is 20.5. The van der Waals surface area contributed by atoms with E-state index in [0.29, 0.717) is 5.92 Å². The van der Waals surface area contributed by atoms with E-state index in [2.05, 4.69) is 83.2 Å². The molecular weight excluding hydrogens is 434 g/mol. The monoisotopic (exact) mass is 465 g/mol. The number of hydrogen-bond donors (Lipinski definition) is 1. The topological polar surface area (TPSA) is 55.2 Å². The Labute approximate surface area is 206 Å². The summed E-state index contributed by atoms with van der Waals surface area (Å²) in [4.78, 5) is 6.51. The molecule has 0 aliphatic carbocycles. The summed E-state index contributed by atoms with van der Waals surface area (Å²) in [6, 6.07) is 19.5. The van der Waals surface area contributed by atoms with E-state index in [1.54, 1.807) is 0 Å². The predicted molar refractivity (Wildman–Crippen MR) is 140 cm³/mol. The highest BCUT2D eigenvalue weighted by atomic mass is 16.5. The maximum atomic E-state index is 6.51. The van der Waals surface area contributed by atoms with Gasteiger partial charge < -0.3 is 15.0 Å². The third-order valence-electron chi connectivity index (χ3n) is 7.15. The molecule has 6 nitrogen and oxygen atoms in total. The Bertz CT molecular complexity index is 1340. The van der Waals surface area contributed by atoms with Crippen molar-refractivity contribution < 1.29 is 4.74 Å². The first-order chi connectivity index (χ1) is 17.1. The van der Waals surface area contributed by atoms with Crippen LogP contribution in [0.5, 0.6) is 5.75 Å². The number of anilines is 1. The predicted octanol–water partition coefficient (Wildman–Crippen LogP) is 5.41. The van der Waals surface area contributed by atoms with Gasteiger partial charge in [0.2, 0.25) is 0 Å². The standard InChI is InChI=1S/C29H31N5O/c1-19(2)20-4-6-21(7-5-20)27-18-33(3)24-16-23(8-9-26(24)35-27)28-25-17-31-14-15-34(25)32-29(28)22-10-12-30-13-11-22/h4-13,16,19,27,31H,14-15,17-18H2,1-3H3. The van der Waals surface area contributed by atoms with Crippen LogP contribution in [0.25, 0.3) is 22.4 Å². The van der Waals surface area contributed by atoms with Crippen LogP contribution in [-0.2, 0) is 13.1 Å². The van der Waals surface area contributed by atoms with E-state index in [1.807, 2.05) is 24.5 Å². The first kappa shape index (κ1) is 21.9. The summed E-state index contributed by atoms with van der Waals surface area (Å²) < 4.78 is 8.66. The zero-order chi connectivity index (χ0) is 23.9. The molecule has 0 bridgehead atoms. The number of ether oxygens (including phenoxy) is 1. The molecular formula is C29H31N5O. The highest BCUT2D eigenvalue weighted by molar-refractivity contribution is 5.85. The molecule has 4 aromatic rings.